The number of hydrogen-bond acceptors (Lipinski definition) is 2. The summed E-state index contributed by atoms with van der Waals surface area (Å²) in [5.41, 5.74) is 6.53. The molecule has 0 bridgehead atoms. The van der Waals surface area contributed by atoms with Crippen LogP contribution in [-0.2, 0) is 13.0 Å². The SMILES string of the molecule is Cc1cccc2c3c4n(c12)CC(O)CN=C4CCC3. The van der Waals surface area contributed by atoms with Gasteiger partial charge in [-0.3, -0.25) is 4.99 Å². The molecule has 4 rings (SSSR count). The number of rotatable bonds is 0. The van der Waals surface area contributed by atoms with Gasteiger partial charge in [0.05, 0.1) is 36.1 Å². The quantitative estimate of drug-likeness (QED) is 0.770. The molecule has 2 aliphatic rings. The van der Waals surface area contributed by atoms with Crippen molar-refractivity contribution in [3.8, 4) is 0 Å². The van der Waals surface area contributed by atoms with E-state index in [-0.39, 0.29) is 6.10 Å². The molecule has 1 aliphatic carbocycles. The molecule has 0 saturated carbocycles. The second kappa shape index (κ2) is 3.94. The van der Waals surface area contributed by atoms with Crippen LogP contribution in [0.4, 0.5) is 0 Å². The summed E-state index contributed by atoms with van der Waals surface area (Å²) in [5.74, 6) is 0. The number of nitrogens with zero attached hydrogens (tertiary/aromatic N) is 2. The summed E-state index contributed by atoms with van der Waals surface area (Å²) < 4.78 is 2.32. The van der Waals surface area contributed by atoms with Gasteiger partial charge >= 0.3 is 0 Å². The van der Waals surface area contributed by atoms with Gasteiger partial charge in [0.1, 0.15) is 0 Å². The molecule has 1 aromatic heterocycles. The van der Waals surface area contributed by atoms with Gasteiger partial charge in [0.25, 0.3) is 0 Å². The van der Waals surface area contributed by atoms with Gasteiger partial charge in [-0.05, 0) is 37.3 Å². The highest BCUT2D eigenvalue weighted by Gasteiger charge is 2.27. The molecule has 19 heavy (non-hydrogen) atoms. The number of aromatic nitrogens is 1. The van der Waals surface area contributed by atoms with Gasteiger partial charge in [-0.2, -0.15) is 0 Å². The smallest absolute Gasteiger partial charge is 0.0914 e. The normalized spacial score (nSPS) is 22.0. The van der Waals surface area contributed by atoms with Crippen LogP contribution in [0.25, 0.3) is 10.9 Å². The van der Waals surface area contributed by atoms with Crippen molar-refractivity contribution >= 4 is 16.6 Å². The first kappa shape index (κ1) is 11.2. The largest absolute Gasteiger partial charge is 0.389 e. The Bertz CT molecular complexity index is 696. The number of benzene rings is 1. The van der Waals surface area contributed by atoms with E-state index < -0.39 is 0 Å². The van der Waals surface area contributed by atoms with Crippen molar-refractivity contribution in [2.75, 3.05) is 6.54 Å². The lowest BCUT2D eigenvalue weighted by Gasteiger charge is -2.16. The van der Waals surface area contributed by atoms with Crippen molar-refractivity contribution in [1.29, 1.82) is 0 Å². The van der Waals surface area contributed by atoms with Crippen LogP contribution >= 0.6 is 0 Å². The van der Waals surface area contributed by atoms with Crippen LogP contribution in [0.15, 0.2) is 23.2 Å². The second-order valence-electron chi connectivity index (χ2n) is 5.70. The number of aliphatic hydroxyl groups is 1. The zero-order chi connectivity index (χ0) is 13.0. The van der Waals surface area contributed by atoms with Gasteiger partial charge in [0.2, 0.25) is 0 Å². The molecular weight excluding hydrogens is 236 g/mol. The zero-order valence-electron chi connectivity index (χ0n) is 11.2. The third-order valence-corrected chi connectivity index (χ3v) is 4.39. The standard InChI is InChI=1S/C16H18N2O/c1-10-4-2-5-12-13-6-3-7-14-16(13)18(15(10)12)9-11(19)8-17-14/h2,4-5,11,19H,3,6-9H2,1H3. The highest BCUT2D eigenvalue weighted by molar-refractivity contribution is 6.07. The Morgan fingerprint density at radius 1 is 1.32 bits per heavy atom. The highest BCUT2D eigenvalue weighted by Crippen LogP contribution is 2.35. The maximum Gasteiger partial charge on any atom is 0.0914 e. The van der Waals surface area contributed by atoms with Crippen LogP contribution in [0.3, 0.4) is 0 Å². The van der Waals surface area contributed by atoms with Crippen molar-refractivity contribution in [2.24, 2.45) is 4.99 Å². The van der Waals surface area contributed by atoms with Crippen LogP contribution < -0.4 is 0 Å². The third-order valence-electron chi connectivity index (χ3n) is 4.39. The molecule has 2 heterocycles. The molecule has 98 valence electrons. The van der Waals surface area contributed by atoms with E-state index in [0.717, 1.165) is 12.8 Å². The van der Waals surface area contributed by atoms with Gasteiger partial charge in [-0.25, -0.2) is 0 Å². The van der Waals surface area contributed by atoms with Gasteiger partial charge < -0.3 is 9.67 Å². The highest BCUT2D eigenvalue weighted by atomic mass is 16.3. The summed E-state index contributed by atoms with van der Waals surface area (Å²) >= 11 is 0. The van der Waals surface area contributed by atoms with Gasteiger partial charge in [-0.1, -0.05) is 18.2 Å². The Kier molecular flexibility index (Phi) is 2.33. The summed E-state index contributed by atoms with van der Waals surface area (Å²) in [4.78, 5) is 4.65. The average Bonchev–Trinajstić information content (AvgIpc) is 2.62. The van der Waals surface area contributed by atoms with Crippen LogP contribution in [0, 0.1) is 6.92 Å². The minimum Gasteiger partial charge on any atom is -0.389 e. The van der Waals surface area contributed by atoms with E-state index in [4.69, 9.17) is 0 Å². The zero-order valence-corrected chi connectivity index (χ0v) is 11.2. The molecule has 3 nitrogen and oxygen atoms in total. The van der Waals surface area contributed by atoms with Gasteiger partial charge in [0.15, 0.2) is 0 Å². The molecule has 1 aliphatic heterocycles. The second-order valence-corrected chi connectivity index (χ2v) is 5.70. The van der Waals surface area contributed by atoms with Crippen LogP contribution in [0.5, 0.6) is 0 Å². The van der Waals surface area contributed by atoms with Gasteiger partial charge in [0, 0.05) is 5.39 Å². The fourth-order valence-electron chi connectivity index (χ4n) is 3.62. The van der Waals surface area contributed by atoms with E-state index in [0.29, 0.717) is 13.1 Å². The third kappa shape index (κ3) is 1.51. The van der Waals surface area contributed by atoms with E-state index in [2.05, 4.69) is 34.7 Å². The Labute approximate surface area is 112 Å². The number of fused-ring (bicyclic) bond motifs is 3. The van der Waals surface area contributed by atoms with Crippen molar-refractivity contribution in [2.45, 2.75) is 38.8 Å². The molecule has 0 fully saturated rings. The minimum atomic E-state index is -0.364. The first-order valence-electron chi connectivity index (χ1n) is 7.08. The number of aliphatic imine (C=N–C) groups is 1. The Hall–Kier alpha value is -1.61. The molecule has 0 amide bonds. The van der Waals surface area contributed by atoms with E-state index in [1.54, 1.807) is 0 Å². The van der Waals surface area contributed by atoms with Crippen LogP contribution in [0.2, 0.25) is 0 Å². The van der Waals surface area contributed by atoms with Crippen LogP contribution in [-0.4, -0.2) is 28.0 Å². The Morgan fingerprint density at radius 3 is 3.11 bits per heavy atom. The van der Waals surface area contributed by atoms with Crippen molar-refractivity contribution in [3.63, 3.8) is 0 Å². The summed E-state index contributed by atoms with van der Waals surface area (Å²) in [6.07, 6.45) is 3.00. The summed E-state index contributed by atoms with van der Waals surface area (Å²) in [6.45, 7) is 3.37. The summed E-state index contributed by atoms with van der Waals surface area (Å²) in [6, 6.07) is 6.51. The number of aliphatic hydroxyl groups excluding tert-OH is 1. The number of hydrogen-bond donors (Lipinski definition) is 1. The maximum atomic E-state index is 10.1. The Balaban J connectivity index is 2.14. The minimum absolute atomic E-state index is 0.364. The predicted molar refractivity (Wildman–Crippen MR) is 77.0 cm³/mol. The molecule has 1 atom stereocenters. The lowest BCUT2D eigenvalue weighted by molar-refractivity contribution is 0.166. The molecule has 0 radical (unpaired) electrons. The van der Waals surface area contributed by atoms with E-state index in [1.165, 1.54) is 39.9 Å². The van der Waals surface area contributed by atoms with Crippen LogP contribution in [0.1, 0.15) is 29.7 Å². The van der Waals surface area contributed by atoms with Crippen molar-refractivity contribution in [1.82, 2.24) is 4.57 Å². The summed E-state index contributed by atoms with van der Waals surface area (Å²) in [7, 11) is 0. The van der Waals surface area contributed by atoms with Crippen molar-refractivity contribution in [3.05, 3.63) is 35.0 Å². The predicted octanol–water partition coefficient (Wildman–Crippen LogP) is 2.45. The lowest BCUT2D eigenvalue weighted by atomic mass is 9.93. The molecular formula is C16H18N2O. The fraction of sp³-hybridized carbons (Fsp3) is 0.438. The molecule has 0 saturated heterocycles. The molecule has 0 spiro atoms. The molecule has 3 heteroatoms. The number of aryl methyl sites for hydroxylation is 2. The molecule has 2 aromatic rings. The number of para-hydroxylation sites is 1. The van der Waals surface area contributed by atoms with E-state index in [9.17, 15) is 5.11 Å². The topological polar surface area (TPSA) is 37.5 Å². The van der Waals surface area contributed by atoms with E-state index >= 15 is 0 Å². The fourth-order valence-corrected chi connectivity index (χ4v) is 3.62. The molecule has 1 aromatic carbocycles. The lowest BCUT2D eigenvalue weighted by Crippen LogP contribution is -2.19. The maximum absolute atomic E-state index is 10.1. The van der Waals surface area contributed by atoms with E-state index in [1.807, 2.05) is 0 Å². The summed E-state index contributed by atoms with van der Waals surface area (Å²) in [5, 5.41) is 11.5. The average molecular weight is 254 g/mol. The van der Waals surface area contributed by atoms with Gasteiger partial charge in [-0.15, -0.1) is 0 Å². The first-order valence-corrected chi connectivity index (χ1v) is 7.08. The van der Waals surface area contributed by atoms with Crippen molar-refractivity contribution < 1.29 is 5.11 Å². The first-order chi connectivity index (χ1) is 9.25. The molecule has 1 unspecified atom stereocenters. The molecule has 1 N–H and O–H groups in total. The Morgan fingerprint density at radius 2 is 2.21 bits per heavy atom. The monoisotopic (exact) mass is 254 g/mol.